The van der Waals surface area contributed by atoms with Crippen LogP contribution in [0.5, 0.6) is 5.88 Å². The minimum Gasteiger partial charge on any atom is -0.474 e. The average Bonchev–Trinajstić information content (AvgIpc) is 3.39. The fourth-order valence-corrected chi connectivity index (χ4v) is 4.41. The molecular weight excluding hydrogens is 452 g/mol. The number of hydrogen-bond donors (Lipinski definition) is 2. The summed E-state index contributed by atoms with van der Waals surface area (Å²) in [6.45, 7) is 4.00. The molecule has 12 heteroatoms. The molecule has 0 bridgehead atoms. The number of amides is 2. The van der Waals surface area contributed by atoms with Crippen LogP contribution in [-0.2, 0) is 9.47 Å². The number of aromatic nitrogens is 4. The summed E-state index contributed by atoms with van der Waals surface area (Å²) in [5, 5.41) is 2.98. The Morgan fingerprint density at radius 1 is 1.23 bits per heavy atom. The number of nitrogen functional groups attached to an aromatic ring is 1. The van der Waals surface area contributed by atoms with Crippen LogP contribution >= 0.6 is 0 Å². The molecule has 0 spiro atoms. The zero-order valence-electron chi connectivity index (χ0n) is 19.9. The lowest BCUT2D eigenvalue weighted by Gasteiger charge is -2.40. The third-order valence-electron chi connectivity index (χ3n) is 6.68. The number of nitrogens with zero attached hydrogens (tertiary/aromatic N) is 6. The molecule has 3 N–H and O–H groups in total. The summed E-state index contributed by atoms with van der Waals surface area (Å²) >= 11 is 0. The molecule has 2 saturated heterocycles. The molecule has 3 aliphatic rings. The molecule has 0 aromatic carbocycles. The summed E-state index contributed by atoms with van der Waals surface area (Å²) in [7, 11) is 1.83. The lowest BCUT2D eigenvalue weighted by atomic mass is 9.88. The van der Waals surface area contributed by atoms with Crippen molar-refractivity contribution in [2.75, 3.05) is 57.1 Å². The fraction of sp³-hybridized carbons (Fsp3) is 0.609. The van der Waals surface area contributed by atoms with E-state index in [1.807, 2.05) is 7.05 Å². The first kappa shape index (κ1) is 23.5. The molecule has 188 valence electrons. The van der Waals surface area contributed by atoms with Gasteiger partial charge < -0.3 is 35.1 Å². The van der Waals surface area contributed by atoms with E-state index in [1.54, 1.807) is 23.4 Å². The highest BCUT2D eigenvalue weighted by Gasteiger charge is 2.36. The van der Waals surface area contributed by atoms with E-state index < -0.39 is 0 Å². The largest absolute Gasteiger partial charge is 0.474 e. The van der Waals surface area contributed by atoms with Crippen LogP contribution in [0.1, 0.15) is 25.7 Å². The standard InChI is InChI=1S/C23H32N8O4/c1-30(23(32)27-14-17-3-2-6-34-17)16-9-18(10-16)35-20-11-19(15-12-25-21(24)26-13-15)28-22(29-20)31-4-7-33-8-5-31/h11-13,16-18H,2-10,14H2,1H3,(H,27,32)(H2,24,25,26)/t16-,17-,18-/m1/s1. The van der Waals surface area contributed by atoms with Crippen LogP contribution in [0.25, 0.3) is 11.3 Å². The molecule has 0 radical (unpaired) electrons. The highest BCUT2D eigenvalue weighted by atomic mass is 16.5. The number of ether oxygens (including phenoxy) is 3. The minimum absolute atomic E-state index is 0.0311. The number of nitrogens with two attached hydrogens (primary N) is 1. The van der Waals surface area contributed by atoms with Crippen molar-refractivity contribution >= 4 is 17.9 Å². The molecule has 0 unspecified atom stereocenters. The van der Waals surface area contributed by atoms with Crippen LogP contribution in [-0.4, -0.2) is 95.6 Å². The molecule has 3 fully saturated rings. The van der Waals surface area contributed by atoms with Gasteiger partial charge in [-0.05, 0) is 12.8 Å². The van der Waals surface area contributed by atoms with Gasteiger partial charge in [-0.15, -0.1) is 0 Å². The van der Waals surface area contributed by atoms with Crippen molar-refractivity contribution in [3.8, 4) is 17.1 Å². The van der Waals surface area contributed by atoms with Crippen LogP contribution < -0.4 is 20.7 Å². The molecule has 4 heterocycles. The predicted molar refractivity (Wildman–Crippen MR) is 128 cm³/mol. The Balaban J connectivity index is 1.22. The number of rotatable bonds is 7. The van der Waals surface area contributed by atoms with Gasteiger partial charge in [-0.3, -0.25) is 0 Å². The van der Waals surface area contributed by atoms with Gasteiger partial charge in [0.25, 0.3) is 0 Å². The number of morpholine rings is 1. The smallest absolute Gasteiger partial charge is 0.317 e. The summed E-state index contributed by atoms with van der Waals surface area (Å²) < 4.78 is 17.3. The SMILES string of the molecule is CN(C(=O)NC[C@H]1CCCO1)[C@H]1C[C@H](Oc2cc(-c3cnc(N)nc3)nc(N3CCOCC3)n2)C1. The Labute approximate surface area is 204 Å². The first-order valence-electron chi connectivity index (χ1n) is 12.1. The van der Waals surface area contributed by atoms with E-state index in [-0.39, 0.29) is 30.2 Å². The van der Waals surface area contributed by atoms with Gasteiger partial charge in [0.1, 0.15) is 6.10 Å². The maximum atomic E-state index is 12.5. The zero-order valence-corrected chi connectivity index (χ0v) is 19.9. The second kappa shape index (κ2) is 10.6. The summed E-state index contributed by atoms with van der Waals surface area (Å²) in [6, 6.07) is 1.84. The Kier molecular flexibility index (Phi) is 7.09. The quantitative estimate of drug-likeness (QED) is 0.586. The van der Waals surface area contributed by atoms with Gasteiger partial charge in [0.05, 0.1) is 25.0 Å². The molecule has 1 aliphatic carbocycles. The molecule has 12 nitrogen and oxygen atoms in total. The maximum Gasteiger partial charge on any atom is 0.317 e. The Bertz CT molecular complexity index is 1010. The van der Waals surface area contributed by atoms with Gasteiger partial charge in [0, 0.05) is 76.2 Å². The van der Waals surface area contributed by atoms with E-state index in [9.17, 15) is 4.79 Å². The van der Waals surface area contributed by atoms with Gasteiger partial charge in [-0.1, -0.05) is 0 Å². The van der Waals surface area contributed by atoms with Gasteiger partial charge in [0.15, 0.2) is 0 Å². The molecule has 5 rings (SSSR count). The van der Waals surface area contributed by atoms with Crippen molar-refractivity contribution in [2.45, 2.75) is 43.9 Å². The molecular formula is C23H32N8O4. The first-order chi connectivity index (χ1) is 17.0. The van der Waals surface area contributed by atoms with Crippen LogP contribution in [0.2, 0.25) is 0 Å². The minimum atomic E-state index is -0.0776. The first-order valence-corrected chi connectivity index (χ1v) is 12.1. The van der Waals surface area contributed by atoms with Crippen LogP contribution in [0.3, 0.4) is 0 Å². The number of carbonyl (C=O) groups excluding carboxylic acids is 1. The second-order valence-corrected chi connectivity index (χ2v) is 9.12. The Morgan fingerprint density at radius 3 is 2.71 bits per heavy atom. The van der Waals surface area contributed by atoms with Gasteiger partial charge in [-0.25, -0.2) is 19.7 Å². The summed E-state index contributed by atoms with van der Waals surface area (Å²) in [5.74, 6) is 1.28. The molecule has 35 heavy (non-hydrogen) atoms. The van der Waals surface area contributed by atoms with E-state index in [4.69, 9.17) is 24.9 Å². The van der Waals surface area contributed by atoms with Crippen LogP contribution in [0.15, 0.2) is 18.5 Å². The molecule has 2 amide bonds. The Hall–Kier alpha value is -3.25. The van der Waals surface area contributed by atoms with Crippen molar-refractivity contribution in [1.29, 1.82) is 0 Å². The maximum absolute atomic E-state index is 12.5. The summed E-state index contributed by atoms with van der Waals surface area (Å²) in [5.41, 5.74) is 7.04. The molecule has 1 atom stereocenters. The molecule has 1 saturated carbocycles. The van der Waals surface area contributed by atoms with Crippen molar-refractivity contribution in [2.24, 2.45) is 0 Å². The van der Waals surface area contributed by atoms with Crippen LogP contribution in [0.4, 0.5) is 16.7 Å². The van der Waals surface area contributed by atoms with Gasteiger partial charge in [-0.2, -0.15) is 4.98 Å². The Morgan fingerprint density at radius 2 is 2.00 bits per heavy atom. The summed E-state index contributed by atoms with van der Waals surface area (Å²) in [6.07, 6.45) is 6.91. The number of anilines is 2. The fourth-order valence-electron chi connectivity index (χ4n) is 4.41. The number of nitrogens with one attached hydrogen (secondary N) is 1. The highest BCUT2D eigenvalue weighted by molar-refractivity contribution is 5.74. The van der Waals surface area contributed by atoms with Gasteiger partial charge in [0.2, 0.25) is 17.8 Å². The van der Waals surface area contributed by atoms with Crippen molar-refractivity contribution in [1.82, 2.24) is 30.2 Å². The monoisotopic (exact) mass is 484 g/mol. The number of hydrogen-bond acceptors (Lipinski definition) is 10. The van der Waals surface area contributed by atoms with E-state index in [2.05, 4.69) is 25.2 Å². The van der Waals surface area contributed by atoms with Crippen LogP contribution in [0, 0.1) is 0 Å². The number of urea groups is 1. The van der Waals surface area contributed by atoms with Crippen molar-refractivity contribution < 1.29 is 19.0 Å². The normalized spacial score (nSPS) is 24.0. The van der Waals surface area contributed by atoms with E-state index >= 15 is 0 Å². The third kappa shape index (κ3) is 5.70. The third-order valence-corrected chi connectivity index (χ3v) is 6.68. The van der Waals surface area contributed by atoms with Gasteiger partial charge >= 0.3 is 6.03 Å². The predicted octanol–water partition coefficient (Wildman–Crippen LogP) is 1.08. The van der Waals surface area contributed by atoms with E-state index in [0.717, 1.165) is 37.9 Å². The summed E-state index contributed by atoms with van der Waals surface area (Å²) in [4.78, 5) is 33.9. The zero-order chi connectivity index (χ0) is 24.2. The van der Waals surface area contributed by atoms with Crippen molar-refractivity contribution in [3.05, 3.63) is 18.5 Å². The highest BCUT2D eigenvalue weighted by Crippen LogP contribution is 2.31. The molecule has 2 aromatic rings. The average molecular weight is 485 g/mol. The lowest BCUT2D eigenvalue weighted by Crippen LogP contribution is -2.53. The topological polar surface area (TPSA) is 141 Å². The second-order valence-electron chi connectivity index (χ2n) is 9.12. The van der Waals surface area contributed by atoms with E-state index in [1.165, 1.54) is 0 Å². The number of carbonyl (C=O) groups is 1. The van der Waals surface area contributed by atoms with E-state index in [0.29, 0.717) is 50.4 Å². The molecule has 2 aliphatic heterocycles. The lowest BCUT2D eigenvalue weighted by molar-refractivity contribution is 0.0393. The van der Waals surface area contributed by atoms with Crippen molar-refractivity contribution in [3.63, 3.8) is 0 Å². The molecule has 2 aromatic heterocycles.